The van der Waals surface area contributed by atoms with Crippen LogP contribution in [0, 0.1) is 0 Å². The van der Waals surface area contributed by atoms with E-state index >= 15 is 0 Å². The van der Waals surface area contributed by atoms with Gasteiger partial charge in [0.1, 0.15) is 24.0 Å². The molecule has 0 amide bonds. The number of nitrogens with zero attached hydrogens (tertiary/aromatic N) is 2. The lowest BCUT2D eigenvalue weighted by Crippen LogP contribution is -2.05. The van der Waals surface area contributed by atoms with E-state index in [1.807, 2.05) is 31.2 Å². The largest absolute Gasteiger partial charge is 0.497 e. The van der Waals surface area contributed by atoms with Crippen LogP contribution in [0.2, 0.25) is 0 Å². The summed E-state index contributed by atoms with van der Waals surface area (Å²) in [5.41, 5.74) is 6.64. The maximum Gasteiger partial charge on any atom is 0.158 e. The molecule has 2 aromatic rings. The number of rotatable bonds is 6. The van der Waals surface area contributed by atoms with Crippen molar-refractivity contribution in [2.24, 2.45) is 0 Å². The quantitative estimate of drug-likeness (QED) is 0.841. The fourth-order valence-electron chi connectivity index (χ4n) is 1.69. The highest BCUT2D eigenvalue weighted by atomic mass is 16.5. The van der Waals surface area contributed by atoms with Gasteiger partial charge in [-0.15, -0.1) is 0 Å². The van der Waals surface area contributed by atoms with E-state index in [1.54, 1.807) is 13.2 Å². The summed E-state index contributed by atoms with van der Waals surface area (Å²) in [4.78, 5) is 8.48. The van der Waals surface area contributed by atoms with Gasteiger partial charge in [-0.3, -0.25) is 0 Å². The second-order valence-corrected chi connectivity index (χ2v) is 4.09. The Morgan fingerprint density at radius 1 is 1.25 bits per heavy atom. The normalized spacial score (nSPS) is 10.3. The Balaban J connectivity index is 2.17. The van der Waals surface area contributed by atoms with Gasteiger partial charge in [0, 0.05) is 24.4 Å². The molecule has 0 saturated carbocycles. The van der Waals surface area contributed by atoms with E-state index in [2.05, 4.69) is 15.3 Å². The number of ether oxygens (including phenoxy) is 2. The molecule has 0 unspecified atom stereocenters. The Morgan fingerprint density at radius 2 is 2.10 bits per heavy atom. The van der Waals surface area contributed by atoms with Crippen molar-refractivity contribution in [3.8, 4) is 5.75 Å². The maximum absolute atomic E-state index is 5.77. The summed E-state index contributed by atoms with van der Waals surface area (Å²) >= 11 is 0. The SMILES string of the molecule is CCOCc1nc(N)cc(Nc2cccc(OC)c2)n1. The van der Waals surface area contributed by atoms with Crippen molar-refractivity contribution in [3.63, 3.8) is 0 Å². The first-order chi connectivity index (χ1) is 9.71. The maximum atomic E-state index is 5.77. The Morgan fingerprint density at radius 3 is 2.85 bits per heavy atom. The summed E-state index contributed by atoms with van der Waals surface area (Å²) < 4.78 is 10.5. The zero-order valence-electron chi connectivity index (χ0n) is 11.6. The molecule has 0 bridgehead atoms. The second-order valence-electron chi connectivity index (χ2n) is 4.09. The Hall–Kier alpha value is -2.34. The molecule has 0 fully saturated rings. The van der Waals surface area contributed by atoms with Gasteiger partial charge in [-0.25, -0.2) is 9.97 Å². The van der Waals surface area contributed by atoms with E-state index in [9.17, 15) is 0 Å². The lowest BCUT2D eigenvalue weighted by atomic mass is 10.3. The standard InChI is InChI=1S/C14H18N4O2/c1-3-20-9-14-17-12(15)8-13(18-14)16-10-5-4-6-11(7-10)19-2/h4-8H,3,9H2,1-2H3,(H3,15,16,17,18). The molecule has 0 saturated heterocycles. The molecule has 106 valence electrons. The van der Waals surface area contributed by atoms with Crippen molar-refractivity contribution in [1.29, 1.82) is 0 Å². The predicted molar refractivity (Wildman–Crippen MR) is 78.1 cm³/mol. The van der Waals surface area contributed by atoms with Crippen LogP contribution < -0.4 is 15.8 Å². The molecule has 0 atom stereocenters. The zero-order chi connectivity index (χ0) is 14.4. The summed E-state index contributed by atoms with van der Waals surface area (Å²) in [6.45, 7) is 2.87. The van der Waals surface area contributed by atoms with Crippen LogP contribution in [0.15, 0.2) is 30.3 Å². The smallest absolute Gasteiger partial charge is 0.158 e. The van der Waals surface area contributed by atoms with Gasteiger partial charge in [0.25, 0.3) is 0 Å². The minimum Gasteiger partial charge on any atom is -0.497 e. The Labute approximate surface area is 118 Å². The molecule has 0 aliphatic heterocycles. The van der Waals surface area contributed by atoms with Gasteiger partial charge in [0.2, 0.25) is 0 Å². The van der Waals surface area contributed by atoms with Gasteiger partial charge in [0.15, 0.2) is 5.82 Å². The van der Waals surface area contributed by atoms with E-state index in [1.165, 1.54) is 0 Å². The van der Waals surface area contributed by atoms with Gasteiger partial charge >= 0.3 is 0 Å². The fraction of sp³-hybridized carbons (Fsp3) is 0.286. The molecule has 2 rings (SSSR count). The molecular formula is C14H18N4O2. The molecule has 0 spiro atoms. The van der Waals surface area contributed by atoms with Gasteiger partial charge < -0.3 is 20.5 Å². The zero-order valence-corrected chi connectivity index (χ0v) is 11.6. The van der Waals surface area contributed by atoms with Gasteiger partial charge in [-0.1, -0.05) is 6.07 Å². The first kappa shape index (κ1) is 14.1. The predicted octanol–water partition coefficient (Wildman–Crippen LogP) is 2.35. The van der Waals surface area contributed by atoms with Crippen LogP contribution in [0.25, 0.3) is 0 Å². The first-order valence-electron chi connectivity index (χ1n) is 6.33. The van der Waals surface area contributed by atoms with E-state index in [0.717, 1.165) is 11.4 Å². The van der Waals surface area contributed by atoms with Crippen LogP contribution in [0.4, 0.5) is 17.3 Å². The van der Waals surface area contributed by atoms with Crippen molar-refractivity contribution >= 4 is 17.3 Å². The Bertz CT molecular complexity index is 575. The molecule has 20 heavy (non-hydrogen) atoms. The summed E-state index contributed by atoms with van der Waals surface area (Å²) in [5.74, 6) is 2.35. The van der Waals surface area contributed by atoms with Crippen LogP contribution in [-0.2, 0) is 11.3 Å². The molecule has 0 aliphatic carbocycles. The average Bonchev–Trinajstić information content (AvgIpc) is 2.44. The topological polar surface area (TPSA) is 82.3 Å². The van der Waals surface area contributed by atoms with E-state index in [0.29, 0.717) is 30.7 Å². The van der Waals surface area contributed by atoms with Gasteiger partial charge in [0.05, 0.1) is 7.11 Å². The van der Waals surface area contributed by atoms with Crippen molar-refractivity contribution in [2.45, 2.75) is 13.5 Å². The van der Waals surface area contributed by atoms with Crippen LogP contribution >= 0.6 is 0 Å². The Kier molecular flexibility index (Phi) is 4.73. The number of benzene rings is 1. The lowest BCUT2D eigenvalue weighted by Gasteiger charge is -2.09. The van der Waals surface area contributed by atoms with Crippen molar-refractivity contribution < 1.29 is 9.47 Å². The van der Waals surface area contributed by atoms with Gasteiger partial charge in [-0.2, -0.15) is 0 Å². The van der Waals surface area contributed by atoms with E-state index in [4.69, 9.17) is 15.2 Å². The first-order valence-corrected chi connectivity index (χ1v) is 6.33. The fourth-order valence-corrected chi connectivity index (χ4v) is 1.69. The molecule has 1 heterocycles. The monoisotopic (exact) mass is 274 g/mol. The minimum absolute atomic E-state index is 0.342. The van der Waals surface area contributed by atoms with Crippen LogP contribution in [0.5, 0.6) is 5.75 Å². The molecule has 6 heteroatoms. The third kappa shape index (κ3) is 3.83. The number of nitrogens with two attached hydrogens (primary N) is 1. The summed E-state index contributed by atoms with van der Waals surface area (Å²) in [5, 5.41) is 3.17. The molecular weight excluding hydrogens is 256 g/mol. The molecule has 0 radical (unpaired) electrons. The molecule has 0 aliphatic rings. The highest BCUT2D eigenvalue weighted by Gasteiger charge is 2.04. The molecule has 3 N–H and O–H groups in total. The minimum atomic E-state index is 0.342. The van der Waals surface area contributed by atoms with Crippen molar-refractivity contribution in [3.05, 3.63) is 36.2 Å². The molecule has 6 nitrogen and oxygen atoms in total. The van der Waals surface area contributed by atoms with E-state index in [-0.39, 0.29) is 0 Å². The lowest BCUT2D eigenvalue weighted by molar-refractivity contribution is 0.128. The number of nitrogen functional groups attached to an aromatic ring is 1. The number of nitrogens with one attached hydrogen (secondary N) is 1. The average molecular weight is 274 g/mol. The van der Waals surface area contributed by atoms with Gasteiger partial charge in [-0.05, 0) is 19.1 Å². The number of hydrogen-bond acceptors (Lipinski definition) is 6. The second kappa shape index (κ2) is 6.72. The third-order valence-corrected chi connectivity index (χ3v) is 2.57. The van der Waals surface area contributed by atoms with Crippen LogP contribution in [0.3, 0.4) is 0 Å². The highest BCUT2D eigenvalue weighted by molar-refractivity contribution is 5.60. The van der Waals surface area contributed by atoms with Crippen LogP contribution in [-0.4, -0.2) is 23.7 Å². The highest BCUT2D eigenvalue weighted by Crippen LogP contribution is 2.21. The third-order valence-electron chi connectivity index (χ3n) is 2.57. The number of aromatic nitrogens is 2. The van der Waals surface area contributed by atoms with E-state index < -0.39 is 0 Å². The summed E-state index contributed by atoms with van der Waals surface area (Å²) in [7, 11) is 1.63. The number of anilines is 3. The molecule has 1 aromatic carbocycles. The summed E-state index contributed by atoms with van der Waals surface area (Å²) in [6.07, 6.45) is 0. The van der Waals surface area contributed by atoms with Crippen molar-refractivity contribution in [2.75, 3.05) is 24.8 Å². The number of hydrogen-bond donors (Lipinski definition) is 2. The summed E-state index contributed by atoms with van der Waals surface area (Å²) in [6, 6.07) is 9.24. The molecule has 1 aromatic heterocycles. The van der Waals surface area contributed by atoms with Crippen molar-refractivity contribution in [1.82, 2.24) is 9.97 Å². The van der Waals surface area contributed by atoms with Crippen LogP contribution in [0.1, 0.15) is 12.7 Å². The number of methoxy groups -OCH3 is 1.